The highest BCUT2D eigenvalue weighted by molar-refractivity contribution is 6.34. The van der Waals surface area contributed by atoms with Gasteiger partial charge < -0.3 is 29.6 Å². The number of ketones is 2. The van der Waals surface area contributed by atoms with Crippen LogP contribution in [0.3, 0.4) is 0 Å². The summed E-state index contributed by atoms with van der Waals surface area (Å²) in [6, 6.07) is 16.2. The molecule has 52 heavy (non-hydrogen) atoms. The van der Waals surface area contributed by atoms with E-state index in [4.69, 9.17) is 42.1 Å². The highest BCUT2D eigenvalue weighted by atomic mass is 35.5. The van der Waals surface area contributed by atoms with E-state index >= 15 is 0 Å². The number of benzene rings is 4. The van der Waals surface area contributed by atoms with Gasteiger partial charge in [0, 0.05) is 53.3 Å². The van der Waals surface area contributed by atoms with Crippen LogP contribution in [0, 0.1) is 0 Å². The van der Waals surface area contributed by atoms with Gasteiger partial charge in [-0.25, -0.2) is 0 Å². The molecule has 0 bridgehead atoms. The first-order valence-electron chi connectivity index (χ1n) is 15.4. The number of rotatable bonds is 15. The summed E-state index contributed by atoms with van der Waals surface area (Å²) in [5.41, 5.74) is 2.36. The molecule has 2 unspecified atom stereocenters. The van der Waals surface area contributed by atoms with Crippen LogP contribution in [0.1, 0.15) is 13.8 Å². The normalized spacial score (nSPS) is 12.2. The summed E-state index contributed by atoms with van der Waals surface area (Å²) in [6.45, 7) is 2.45. The lowest BCUT2D eigenvalue weighted by atomic mass is 10.0. The van der Waals surface area contributed by atoms with Crippen molar-refractivity contribution in [3.05, 3.63) is 82.8 Å². The highest BCUT2D eigenvalue weighted by Gasteiger charge is 2.25. The third-order valence-electron chi connectivity index (χ3n) is 7.29. The van der Waals surface area contributed by atoms with Crippen LogP contribution in [0.5, 0.6) is 23.0 Å². The smallest absolute Gasteiger partial charge is 0.258 e. The number of halogens is 2. The van der Waals surface area contributed by atoms with Crippen LogP contribution in [0.15, 0.2) is 93.3 Å². The molecule has 0 aliphatic rings. The fourth-order valence-electron chi connectivity index (χ4n) is 4.62. The molecule has 2 atom stereocenters. The largest absolute Gasteiger partial charge is 0.497 e. The van der Waals surface area contributed by atoms with Crippen LogP contribution in [-0.4, -0.2) is 63.9 Å². The number of nitrogens with zero attached hydrogens (tertiary/aromatic N) is 4. The van der Waals surface area contributed by atoms with Crippen molar-refractivity contribution in [1.82, 2.24) is 0 Å². The second kappa shape index (κ2) is 17.9. The number of nitrogens with one attached hydrogen (secondary N) is 2. The quantitative estimate of drug-likeness (QED) is 0.0905. The minimum absolute atomic E-state index is 0.172. The Morgan fingerprint density at radius 2 is 1.04 bits per heavy atom. The maximum atomic E-state index is 13.0. The highest BCUT2D eigenvalue weighted by Crippen LogP contribution is 2.36. The second-order valence-electron chi connectivity index (χ2n) is 11.0. The SMILES string of the molecule is COc1cc(NC(=O)C(N=Nc2ccc(-c3ccc(N=NC(C(C)=O)C(=O)Nc4cc(OC)cc(OC)c4)c(Cl)c3)c(Cl)c2)C(C)=O)cc(OC)c1. The van der Waals surface area contributed by atoms with Crippen molar-refractivity contribution in [2.24, 2.45) is 20.5 Å². The van der Waals surface area contributed by atoms with E-state index in [1.807, 2.05) is 0 Å². The van der Waals surface area contributed by atoms with Crippen molar-refractivity contribution in [3.63, 3.8) is 0 Å². The molecular formula is C36H34Cl2N6O8. The number of Topliss-reactive ketones (excluding diaryl/α,β-unsaturated/α-hetero) is 2. The van der Waals surface area contributed by atoms with E-state index in [-0.39, 0.29) is 21.4 Å². The zero-order valence-electron chi connectivity index (χ0n) is 28.9. The van der Waals surface area contributed by atoms with Crippen molar-refractivity contribution in [2.45, 2.75) is 25.9 Å². The standard InChI is InChI=1S/C36H34Cl2N6O8/c1-19(45)33(35(47)39-23-12-25(49-3)17-26(13-23)50-4)43-41-22-8-9-29(30(37)16-22)21-7-10-32(31(38)11-21)42-44-34(20(2)46)36(48)40-24-14-27(51-5)18-28(15-24)52-6/h7-18,33-34H,1-6H3,(H,39,47)(H,40,48). The molecule has 0 radical (unpaired) electrons. The Morgan fingerprint density at radius 1 is 0.577 bits per heavy atom. The van der Waals surface area contributed by atoms with Gasteiger partial charge in [0.2, 0.25) is 12.1 Å². The maximum absolute atomic E-state index is 13.0. The number of azo groups is 2. The van der Waals surface area contributed by atoms with E-state index in [1.54, 1.807) is 66.7 Å². The molecule has 0 aliphatic carbocycles. The number of ether oxygens (including phenoxy) is 4. The van der Waals surface area contributed by atoms with Gasteiger partial charge in [-0.2, -0.15) is 20.5 Å². The Bertz CT molecular complexity index is 2010. The van der Waals surface area contributed by atoms with Crippen LogP contribution in [0.2, 0.25) is 10.0 Å². The lowest BCUT2D eigenvalue weighted by molar-refractivity contribution is -0.127. The van der Waals surface area contributed by atoms with E-state index < -0.39 is 35.5 Å². The number of amides is 2. The van der Waals surface area contributed by atoms with Crippen molar-refractivity contribution < 1.29 is 38.1 Å². The average molecular weight is 750 g/mol. The fraction of sp³-hybridized carbons (Fsp3) is 0.222. The van der Waals surface area contributed by atoms with Crippen molar-refractivity contribution in [2.75, 3.05) is 39.1 Å². The first-order valence-corrected chi connectivity index (χ1v) is 16.1. The summed E-state index contributed by atoms with van der Waals surface area (Å²) in [7, 11) is 5.88. The molecule has 16 heteroatoms. The molecule has 2 amide bonds. The van der Waals surface area contributed by atoms with E-state index in [2.05, 4.69) is 31.1 Å². The van der Waals surface area contributed by atoms with Crippen LogP contribution >= 0.6 is 23.2 Å². The predicted molar refractivity (Wildman–Crippen MR) is 196 cm³/mol. The minimum atomic E-state index is -1.46. The number of hydrogen-bond acceptors (Lipinski definition) is 12. The molecular weight excluding hydrogens is 715 g/mol. The van der Waals surface area contributed by atoms with E-state index in [9.17, 15) is 19.2 Å². The molecule has 4 aromatic rings. The number of carbonyl (C=O) groups is 4. The first-order chi connectivity index (χ1) is 24.8. The Morgan fingerprint density at radius 3 is 1.44 bits per heavy atom. The van der Waals surface area contributed by atoms with E-state index in [1.165, 1.54) is 48.4 Å². The Balaban J connectivity index is 1.47. The lowest BCUT2D eigenvalue weighted by Gasteiger charge is -2.12. The van der Waals surface area contributed by atoms with Gasteiger partial charge in [-0.05, 0) is 43.7 Å². The number of anilines is 2. The van der Waals surface area contributed by atoms with Crippen LogP contribution < -0.4 is 29.6 Å². The van der Waals surface area contributed by atoms with Gasteiger partial charge in [-0.1, -0.05) is 35.3 Å². The monoisotopic (exact) mass is 748 g/mol. The molecule has 2 N–H and O–H groups in total. The number of methoxy groups -OCH3 is 4. The Labute approximate surface area is 309 Å². The summed E-state index contributed by atoms with van der Waals surface area (Å²) < 4.78 is 20.9. The van der Waals surface area contributed by atoms with Crippen LogP contribution in [0.4, 0.5) is 22.7 Å². The van der Waals surface area contributed by atoms with Crippen LogP contribution in [0.25, 0.3) is 11.1 Å². The molecule has 0 saturated heterocycles. The molecule has 0 heterocycles. The fourth-order valence-corrected chi connectivity index (χ4v) is 5.12. The molecule has 4 rings (SSSR count). The topological polar surface area (TPSA) is 179 Å². The van der Waals surface area contributed by atoms with Gasteiger partial charge in [-0.3, -0.25) is 19.2 Å². The summed E-state index contributed by atoms with van der Waals surface area (Å²) in [5.74, 6) is -0.713. The number of hydrogen-bond donors (Lipinski definition) is 2. The van der Waals surface area contributed by atoms with Crippen molar-refractivity contribution in [3.8, 4) is 34.1 Å². The summed E-state index contributed by atoms with van der Waals surface area (Å²) in [6.07, 6.45) is 0. The van der Waals surface area contributed by atoms with Gasteiger partial charge in [-0.15, -0.1) is 0 Å². The third kappa shape index (κ3) is 10.1. The van der Waals surface area contributed by atoms with Gasteiger partial charge in [0.15, 0.2) is 11.6 Å². The van der Waals surface area contributed by atoms with Gasteiger partial charge in [0.05, 0.1) is 44.2 Å². The van der Waals surface area contributed by atoms with E-state index in [0.717, 1.165) is 0 Å². The molecule has 4 aromatic carbocycles. The Hall–Kier alpha value is -5.86. The summed E-state index contributed by atoms with van der Waals surface area (Å²) >= 11 is 13.1. The first kappa shape index (κ1) is 38.9. The van der Waals surface area contributed by atoms with E-state index in [0.29, 0.717) is 45.5 Å². The van der Waals surface area contributed by atoms with Crippen molar-refractivity contribution in [1.29, 1.82) is 0 Å². The predicted octanol–water partition coefficient (Wildman–Crippen LogP) is 8.05. The summed E-state index contributed by atoms with van der Waals surface area (Å²) in [5, 5.41) is 21.8. The van der Waals surface area contributed by atoms with Crippen LogP contribution in [-0.2, 0) is 19.2 Å². The van der Waals surface area contributed by atoms with Gasteiger partial charge in [0.25, 0.3) is 11.8 Å². The Kier molecular flexibility index (Phi) is 13.4. The minimum Gasteiger partial charge on any atom is -0.497 e. The molecule has 270 valence electrons. The molecule has 0 saturated carbocycles. The zero-order chi connectivity index (χ0) is 37.9. The van der Waals surface area contributed by atoms with Gasteiger partial charge in [0.1, 0.15) is 28.7 Å². The zero-order valence-corrected chi connectivity index (χ0v) is 30.4. The molecule has 0 spiro atoms. The van der Waals surface area contributed by atoms with Crippen molar-refractivity contribution >= 4 is 69.3 Å². The van der Waals surface area contributed by atoms with Gasteiger partial charge >= 0.3 is 0 Å². The average Bonchev–Trinajstić information content (AvgIpc) is 3.11. The molecule has 0 aromatic heterocycles. The molecule has 14 nitrogen and oxygen atoms in total. The molecule has 0 fully saturated rings. The summed E-state index contributed by atoms with van der Waals surface area (Å²) in [4.78, 5) is 50.5. The lowest BCUT2D eigenvalue weighted by Crippen LogP contribution is -2.31. The molecule has 0 aliphatic heterocycles. The number of carbonyl (C=O) groups excluding carboxylic acids is 4. The second-order valence-corrected chi connectivity index (χ2v) is 11.8. The maximum Gasteiger partial charge on any atom is 0.258 e. The third-order valence-corrected chi connectivity index (χ3v) is 7.90.